The van der Waals surface area contributed by atoms with Crippen molar-refractivity contribution >= 4 is 29.1 Å². The van der Waals surface area contributed by atoms with Crippen LogP contribution in [-0.4, -0.2) is 37.7 Å². The maximum atomic E-state index is 12.0. The van der Waals surface area contributed by atoms with Crippen molar-refractivity contribution < 1.29 is 9.59 Å². The van der Waals surface area contributed by atoms with Gasteiger partial charge in [-0.1, -0.05) is 11.8 Å². The summed E-state index contributed by atoms with van der Waals surface area (Å²) in [5, 5.41) is 15.2. The number of thioether (sulfide) groups is 1. The number of aromatic nitrogens is 4. The van der Waals surface area contributed by atoms with Crippen LogP contribution >= 0.6 is 11.8 Å². The van der Waals surface area contributed by atoms with Gasteiger partial charge < -0.3 is 5.32 Å². The molecule has 0 aliphatic carbocycles. The van der Waals surface area contributed by atoms with Crippen molar-refractivity contribution in [2.24, 2.45) is 0 Å². The van der Waals surface area contributed by atoms with Crippen molar-refractivity contribution in [3.63, 3.8) is 0 Å². The lowest BCUT2D eigenvalue weighted by Gasteiger charge is -2.19. The number of Topliss-reactive ketones (excluding diaryl/α,β-unsaturated/α-hetero) is 1. The van der Waals surface area contributed by atoms with E-state index in [9.17, 15) is 9.59 Å². The Bertz CT molecular complexity index is 719. The van der Waals surface area contributed by atoms with Crippen LogP contribution in [0.2, 0.25) is 0 Å². The summed E-state index contributed by atoms with van der Waals surface area (Å²) in [5.74, 6) is 0.488. The van der Waals surface area contributed by atoms with Gasteiger partial charge in [0.2, 0.25) is 11.1 Å². The van der Waals surface area contributed by atoms with E-state index >= 15 is 0 Å². The van der Waals surface area contributed by atoms with Gasteiger partial charge in [-0.15, -0.1) is 5.10 Å². The predicted octanol–water partition coefficient (Wildman–Crippen LogP) is 2.75. The molecule has 1 N–H and O–H groups in total. The Kier molecular flexibility index (Phi) is 5.71. The molecule has 0 saturated carbocycles. The van der Waals surface area contributed by atoms with Crippen LogP contribution in [0, 0.1) is 0 Å². The molecule has 0 aliphatic rings. The molecular formula is C16H21N5O2S. The first-order chi connectivity index (χ1) is 11.3. The number of rotatable bonds is 6. The summed E-state index contributed by atoms with van der Waals surface area (Å²) < 4.78 is 1.75. The smallest absolute Gasteiger partial charge is 0.225 e. The molecule has 1 amide bonds. The molecule has 0 unspecified atom stereocenters. The number of anilines is 1. The number of benzene rings is 1. The van der Waals surface area contributed by atoms with Crippen LogP contribution in [0.25, 0.3) is 0 Å². The van der Waals surface area contributed by atoms with Gasteiger partial charge in [-0.2, -0.15) is 0 Å². The monoisotopic (exact) mass is 347 g/mol. The second kappa shape index (κ2) is 7.57. The van der Waals surface area contributed by atoms with Gasteiger partial charge in [-0.25, -0.2) is 4.68 Å². The molecule has 2 rings (SSSR count). The number of amides is 1. The van der Waals surface area contributed by atoms with E-state index in [2.05, 4.69) is 20.8 Å². The normalized spacial score (nSPS) is 11.3. The van der Waals surface area contributed by atoms with Crippen LogP contribution in [-0.2, 0) is 10.3 Å². The van der Waals surface area contributed by atoms with E-state index in [0.29, 0.717) is 28.6 Å². The second-order valence-electron chi connectivity index (χ2n) is 6.32. The molecule has 1 heterocycles. The predicted molar refractivity (Wildman–Crippen MR) is 93.2 cm³/mol. The largest absolute Gasteiger partial charge is 0.326 e. The highest BCUT2D eigenvalue weighted by atomic mass is 32.2. The lowest BCUT2D eigenvalue weighted by atomic mass is 10.1. The van der Waals surface area contributed by atoms with Crippen molar-refractivity contribution in [1.29, 1.82) is 0 Å². The van der Waals surface area contributed by atoms with Gasteiger partial charge in [0.25, 0.3) is 0 Å². The van der Waals surface area contributed by atoms with E-state index in [4.69, 9.17) is 0 Å². The number of nitrogens with one attached hydrogen (secondary N) is 1. The Morgan fingerprint density at radius 2 is 1.88 bits per heavy atom. The summed E-state index contributed by atoms with van der Waals surface area (Å²) in [5.41, 5.74) is 1.10. The third kappa shape index (κ3) is 4.89. The van der Waals surface area contributed by atoms with E-state index in [-0.39, 0.29) is 17.2 Å². The molecule has 1 aromatic heterocycles. The van der Waals surface area contributed by atoms with Crippen molar-refractivity contribution in [1.82, 2.24) is 20.2 Å². The molecule has 0 saturated heterocycles. The molecule has 0 bridgehead atoms. The molecule has 0 fully saturated rings. The number of nitrogens with zero attached hydrogens (tertiary/aromatic N) is 4. The molecule has 0 aliphatic heterocycles. The summed E-state index contributed by atoms with van der Waals surface area (Å²) in [6.07, 6.45) is 0.343. The van der Waals surface area contributed by atoms with Crippen LogP contribution < -0.4 is 5.32 Å². The molecule has 0 spiro atoms. The van der Waals surface area contributed by atoms with Crippen molar-refractivity contribution in [3.05, 3.63) is 29.8 Å². The number of carbonyl (C=O) groups is 2. The zero-order valence-electron chi connectivity index (χ0n) is 14.2. The van der Waals surface area contributed by atoms with Crippen molar-refractivity contribution in [3.8, 4) is 0 Å². The highest BCUT2D eigenvalue weighted by Crippen LogP contribution is 2.22. The van der Waals surface area contributed by atoms with E-state index in [1.54, 1.807) is 28.9 Å². The summed E-state index contributed by atoms with van der Waals surface area (Å²) in [7, 11) is 0. The molecule has 7 nitrogen and oxygen atoms in total. The first-order valence-electron chi connectivity index (χ1n) is 7.60. The molecular weight excluding hydrogens is 326 g/mol. The lowest BCUT2D eigenvalue weighted by Crippen LogP contribution is -2.24. The standard InChI is InChI=1S/C16H21N5O2S/c1-11(22)12-5-7-13(8-6-12)17-14(23)9-10-24-15-18-19-20-21(15)16(2,3)4/h5-8H,9-10H2,1-4H3,(H,17,23). The van der Waals surface area contributed by atoms with Crippen LogP contribution in [0.4, 0.5) is 5.69 Å². The summed E-state index contributed by atoms with van der Waals surface area (Å²) in [6, 6.07) is 6.85. The van der Waals surface area contributed by atoms with Crippen LogP contribution in [0.15, 0.2) is 29.4 Å². The molecule has 1 aromatic carbocycles. The third-order valence-electron chi connectivity index (χ3n) is 3.21. The Labute approximate surface area is 145 Å². The van der Waals surface area contributed by atoms with Crippen molar-refractivity contribution in [2.75, 3.05) is 11.1 Å². The van der Waals surface area contributed by atoms with Crippen molar-refractivity contribution in [2.45, 2.75) is 44.8 Å². The Morgan fingerprint density at radius 3 is 2.46 bits per heavy atom. The average Bonchev–Trinajstić information content (AvgIpc) is 2.96. The quantitative estimate of drug-likeness (QED) is 0.638. The molecule has 0 radical (unpaired) electrons. The minimum atomic E-state index is -0.202. The fraction of sp³-hybridized carbons (Fsp3) is 0.438. The third-order valence-corrected chi connectivity index (χ3v) is 4.13. The van der Waals surface area contributed by atoms with Gasteiger partial charge in [0.1, 0.15) is 0 Å². The molecule has 0 atom stereocenters. The molecule has 128 valence electrons. The van der Waals surface area contributed by atoms with Gasteiger partial charge in [0, 0.05) is 23.4 Å². The first kappa shape index (κ1) is 18.1. The number of hydrogen-bond donors (Lipinski definition) is 1. The van der Waals surface area contributed by atoms with Gasteiger partial charge in [0.15, 0.2) is 5.78 Å². The van der Waals surface area contributed by atoms with E-state index in [1.165, 1.54) is 18.7 Å². The summed E-state index contributed by atoms with van der Waals surface area (Å²) in [4.78, 5) is 23.2. The van der Waals surface area contributed by atoms with Gasteiger partial charge in [-0.05, 0) is 62.4 Å². The Balaban J connectivity index is 1.84. The highest BCUT2D eigenvalue weighted by Gasteiger charge is 2.20. The SMILES string of the molecule is CC(=O)c1ccc(NC(=O)CCSc2nnnn2C(C)(C)C)cc1. The van der Waals surface area contributed by atoms with E-state index in [0.717, 1.165) is 0 Å². The zero-order chi connectivity index (χ0) is 17.7. The number of ketones is 1. The van der Waals surface area contributed by atoms with Crippen LogP contribution in [0.1, 0.15) is 44.5 Å². The zero-order valence-corrected chi connectivity index (χ0v) is 15.1. The van der Waals surface area contributed by atoms with Gasteiger partial charge in [-0.3, -0.25) is 9.59 Å². The lowest BCUT2D eigenvalue weighted by molar-refractivity contribution is -0.115. The molecule has 24 heavy (non-hydrogen) atoms. The maximum absolute atomic E-state index is 12.0. The fourth-order valence-electron chi connectivity index (χ4n) is 1.94. The summed E-state index contributed by atoms with van der Waals surface area (Å²) in [6.45, 7) is 7.57. The number of tetrazole rings is 1. The fourth-order valence-corrected chi connectivity index (χ4v) is 2.93. The Hall–Kier alpha value is -2.22. The minimum absolute atomic E-state index is 0.000783. The molecule has 2 aromatic rings. The van der Waals surface area contributed by atoms with Gasteiger partial charge >= 0.3 is 0 Å². The number of carbonyl (C=O) groups excluding carboxylic acids is 2. The maximum Gasteiger partial charge on any atom is 0.225 e. The van der Waals surface area contributed by atoms with E-state index < -0.39 is 0 Å². The van der Waals surface area contributed by atoms with Gasteiger partial charge in [0.05, 0.1) is 5.54 Å². The minimum Gasteiger partial charge on any atom is -0.326 e. The van der Waals surface area contributed by atoms with E-state index in [1.807, 2.05) is 20.8 Å². The second-order valence-corrected chi connectivity index (χ2v) is 7.39. The molecule has 8 heteroatoms. The first-order valence-corrected chi connectivity index (χ1v) is 8.58. The topological polar surface area (TPSA) is 89.8 Å². The van der Waals surface area contributed by atoms with Crippen LogP contribution in [0.5, 0.6) is 0 Å². The van der Waals surface area contributed by atoms with Crippen LogP contribution in [0.3, 0.4) is 0 Å². The highest BCUT2D eigenvalue weighted by molar-refractivity contribution is 7.99. The average molecular weight is 347 g/mol. The Morgan fingerprint density at radius 1 is 1.21 bits per heavy atom. The summed E-state index contributed by atoms with van der Waals surface area (Å²) >= 11 is 1.45. The number of hydrogen-bond acceptors (Lipinski definition) is 6.